The molecule has 2 aliphatic rings. The van der Waals surface area contributed by atoms with Crippen LogP contribution in [0.3, 0.4) is 0 Å². The summed E-state index contributed by atoms with van der Waals surface area (Å²) < 4.78 is 0. The maximum Gasteiger partial charge on any atom is 0.240 e. The topological polar surface area (TPSA) is 95.6 Å². The summed E-state index contributed by atoms with van der Waals surface area (Å²) in [5, 5.41) is 5.51. The molecule has 0 saturated carbocycles. The Hall–Kier alpha value is -2.96. The summed E-state index contributed by atoms with van der Waals surface area (Å²) in [7, 11) is 0. The van der Waals surface area contributed by atoms with Crippen LogP contribution in [0.25, 0.3) is 0 Å². The minimum atomic E-state index is -0.388. The van der Waals surface area contributed by atoms with E-state index < -0.39 is 0 Å². The van der Waals surface area contributed by atoms with E-state index in [1.54, 1.807) is 18.2 Å². The van der Waals surface area contributed by atoms with Gasteiger partial charge in [-0.05, 0) is 37.5 Å². The van der Waals surface area contributed by atoms with Gasteiger partial charge >= 0.3 is 0 Å². The lowest BCUT2D eigenvalue weighted by Gasteiger charge is -2.19. The van der Waals surface area contributed by atoms with E-state index in [4.69, 9.17) is 0 Å². The van der Waals surface area contributed by atoms with Gasteiger partial charge in [-0.3, -0.25) is 24.1 Å². The Morgan fingerprint density at radius 2 is 1.78 bits per heavy atom. The van der Waals surface area contributed by atoms with E-state index in [1.807, 2.05) is 25.1 Å². The van der Waals surface area contributed by atoms with E-state index in [2.05, 4.69) is 10.6 Å². The Labute approximate surface area is 157 Å². The number of allylic oxidation sites excluding steroid dienone is 2. The number of nitrogens with zero attached hydrogens (tertiary/aromatic N) is 1. The van der Waals surface area contributed by atoms with E-state index in [9.17, 15) is 19.2 Å². The number of nitrogens with one attached hydrogen (secondary N) is 2. The number of anilines is 1. The van der Waals surface area contributed by atoms with Crippen LogP contribution in [0.4, 0.5) is 5.69 Å². The quantitative estimate of drug-likeness (QED) is 0.611. The minimum absolute atomic E-state index is 0.175. The molecule has 1 aliphatic carbocycles. The van der Waals surface area contributed by atoms with Crippen LogP contribution in [-0.2, 0) is 19.2 Å². The number of hydrogen-bond donors (Lipinski definition) is 2. The highest BCUT2D eigenvalue weighted by Gasteiger charge is 2.47. The Morgan fingerprint density at radius 1 is 1.15 bits per heavy atom. The van der Waals surface area contributed by atoms with E-state index in [0.717, 1.165) is 10.5 Å². The van der Waals surface area contributed by atoms with Gasteiger partial charge in [-0.15, -0.1) is 0 Å². The molecule has 0 spiro atoms. The van der Waals surface area contributed by atoms with Crippen LogP contribution in [0.15, 0.2) is 36.4 Å². The number of amides is 4. The van der Waals surface area contributed by atoms with Gasteiger partial charge in [-0.1, -0.05) is 24.3 Å². The zero-order valence-electron chi connectivity index (χ0n) is 15.4. The number of fused-ring (bicyclic) bond motifs is 1. The number of benzene rings is 1. The van der Waals surface area contributed by atoms with Crippen LogP contribution in [0.1, 0.15) is 38.3 Å². The van der Waals surface area contributed by atoms with Gasteiger partial charge in [0, 0.05) is 12.6 Å². The van der Waals surface area contributed by atoms with E-state index in [1.165, 1.54) is 6.92 Å². The summed E-state index contributed by atoms with van der Waals surface area (Å²) in [6, 6.07) is 6.83. The highest BCUT2D eigenvalue weighted by molar-refractivity contribution is 6.07. The molecule has 0 bridgehead atoms. The standard InChI is InChI=1S/C20H23N3O4/c1-12(14-6-5-7-15(10-14)22-13(2)24)21-18(25)11-23-19(26)16-8-3-4-9-17(16)20(23)27/h3-7,10,12,16-17H,8-9,11H2,1-2H3,(H,21,25)(H,22,24). The lowest BCUT2D eigenvalue weighted by Crippen LogP contribution is -2.41. The molecule has 3 rings (SSSR count). The second-order valence-corrected chi connectivity index (χ2v) is 7.01. The fourth-order valence-corrected chi connectivity index (χ4v) is 3.63. The van der Waals surface area contributed by atoms with Crippen molar-refractivity contribution in [2.24, 2.45) is 11.8 Å². The van der Waals surface area contributed by atoms with Crippen LogP contribution >= 0.6 is 0 Å². The van der Waals surface area contributed by atoms with E-state index in [-0.39, 0.29) is 48.1 Å². The number of hydrogen-bond acceptors (Lipinski definition) is 4. The molecular weight excluding hydrogens is 346 g/mol. The van der Waals surface area contributed by atoms with Gasteiger partial charge in [0.15, 0.2) is 0 Å². The summed E-state index contributed by atoms with van der Waals surface area (Å²) in [6.07, 6.45) is 4.94. The first-order valence-corrected chi connectivity index (χ1v) is 9.04. The average Bonchev–Trinajstić information content (AvgIpc) is 2.86. The highest BCUT2D eigenvalue weighted by atomic mass is 16.2. The van der Waals surface area contributed by atoms with Crippen molar-refractivity contribution >= 4 is 29.3 Å². The van der Waals surface area contributed by atoms with Crippen LogP contribution in [-0.4, -0.2) is 35.1 Å². The third-order valence-corrected chi connectivity index (χ3v) is 4.99. The minimum Gasteiger partial charge on any atom is -0.348 e. The third-order valence-electron chi connectivity index (χ3n) is 4.99. The zero-order valence-corrected chi connectivity index (χ0v) is 15.4. The van der Waals surface area contributed by atoms with Crippen molar-refractivity contribution in [3.8, 4) is 0 Å². The molecule has 3 atom stereocenters. The molecule has 0 aromatic heterocycles. The van der Waals surface area contributed by atoms with E-state index in [0.29, 0.717) is 18.5 Å². The first-order chi connectivity index (χ1) is 12.9. The Bertz CT molecular complexity index is 791. The van der Waals surface area contributed by atoms with Crippen molar-refractivity contribution in [3.05, 3.63) is 42.0 Å². The molecule has 27 heavy (non-hydrogen) atoms. The van der Waals surface area contributed by atoms with Crippen molar-refractivity contribution in [1.82, 2.24) is 10.2 Å². The van der Waals surface area contributed by atoms with Gasteiger partial charge in [0.05, 0.1) is 17.9 Å². The Morgan fingerprint density at radius 3 is 2.37 bits per heavy atom. The molecule has 7 heteroatoms. The van der Waals surface area contributed by atoms with Crippen molar-refractivity contribution in [2.45, 2.75) is 32.7 Å². The molecule has 1 heterocycles. The third kappa shape index (κ3) is 4.07. The SMILES string of the molecule is CC(=O)Nc1cccc(C(C)NC(=O)CN2C(=O)C3CC=CCC3C2=O)c1. The van der Waals surface area contributed by atoms with Gasteiger partial charge < -0.3 is 10.6 Å². The second kappa shape index (κ2) is 7.73. The maximum atomic E-state index is 12.4. The summed E-state index contributed by atoms with van der Waals surface area (Å²) in [5.41, 5.74) is 1.45. The lowest BCUT2D eigenvalue weighted by atomic mass is 9.85. The summed E-state index contributed by atoms with van der Waals surface area (Å²) in [4.78, 5) is 49.5. The van der Waals surface area contributed by atoms with Crippen molar-refractivity contribution in [1.29, 1.82) is 0 Å². The molecule has 1 saturated heterocycles. The molecule has 7 nitrogen and oxygen atoms in total. The predicted octanol–water partition coefficient (Wildman–Crippen LogP) is 1.77. The predicted molar refractivity (Wildman–Crippen MR) is 99.4 cm³/mol. The fraction of sp³-hybridized carbons (Fsp3) is 0.400. The molecule has 1 aromatic rings. The number of rotatable bonds is 5. The first kappa shape index (κ1) is 18.8. The molecule has 142 valence electrons. The second-order valence-electron chi connectivity index (χ2n) is 7.01. The summed E-state index contributed by atoms with van der Waals surface area (Å²) in [6.45, 7) is 2.97. The molecule has 1 fully saturated rings. The van der Waals surface area contributed by atoms with Gasteiger partial charge in [-0.2, -0.15) is 0 Å². The van der Waals surface area contributed by atoms with Crippen LogP contribution < -0.4 is 10.6 Å². The molecule has 3 unspecified atom stereocenters. The summed E-state index contributed by atoms with van der Waals surface area (Å²) in [5.74, 6) is -1.75. The van der Waals surface area contributed by atoms with Crippen LogP contribution in [0, 0.1) is 11.8 Å². The fourth-order valence-electron chi connectivity index (χ4n) is 3.63. The largest absolute Gasteiger partial charge is 0.348 e. The van der Waals surface area contributed by atoms with Gasteiger partial charge in [0.25, 0.3) is 0 Å². The Balaban J connectivity index is 1.61. The first-order valence-electron chi connectivity index (χ1n) is 9.04. The molecule has 1 aromatic carbocycles. The monoisotopic (exact) mass is 369 g/mol. The highest BCUT2D eigenvalue weighted by Crippen LogP contribution is 2.34. The number of carbonyl (C=O) groups excluding carboxylic acids is 4. The molecule has 1 aliphatic heterocycles. The van der Waals surface area contributed by atoms with Gasteiger partial charge in [-0.25, -0.2) is 0 Å². The van der Waals surface area contributed by atoms with Crippen molar-refractivity contribution in [2.75, 3.05) is 11.9 Å². The molecular formula is C20H23N3O4. The molecule has 4 amide bonds. The number of likely N-dealkylation sites (tertiary alicyclic amines) is 1. The maximum absolute atomic E-state index is 12.4. The number of imide groups is 1. The smallest absolute Gasteiger partial charge is 0.240 e. The van der Waals surface area contributed by atoms with Crippen LogP contribution in [0.2, 0.25) is 0 Å². The van der Waals surface area contributed by atoms with Crippen LogP contribution in [0.5, 0.6) is 0 Å². The van der Waals surface area contributed by atoms with Gasteiger partial charge in [0.1, 0.15) is 6.54 Å². The molecule has 2 N–H and O–H groups in total. The zero-order chi connectivity index (χ0) is 19.6. The molecule has 0 radical (unpaired) electrons. The van der Waals surface area contributed by atoms with Crippen molar-refractivity contribution in [3.63, 3.8) is 0 Å². The average molecular weight is 369 g/mol. The normalized spacial score (nSPS) is 22.4. The van der Waals surface area contributed by atoms with Crippen molar-refractivity contribution < 1.29 is 19.2 Å². The summed E-state index contributed by atoms with van der Waals surface area (Å²) >= 11 is 0. The number of carbonyl (C=O) groups is 4. The lowest BCUT2D eigenvalue weighted by molar-refractivity contribution is -0.143. The Kier molecular flexibility index (Phi) is 5.39. The van der Waals surface area contributed by atoms with E-state index >= 15 is 0 Å². The van der Waals surface area contributed by atoms with Gasteiger partial charge in [0.2, 0.25) is 23.6 Å².